The van der Waals surface area contributed by atoms with E-state index >= 15 is 0 Å². The largest absolute Gasteiger partial charge is 0.480 e. The van der Waals surface area contributed by atoms with Gasteiger partial charge in [-0.25, -0.2) is 9.78 Å². The third-order valence-corrected chi connectivity index (χ3v) is 4.10. The Morgan fingerprint density at radius 3 is 2.55 bits per heavy atom. The molecule has 2 N–H and O–H groups in total. The number of pyridine rings is 1. The molecule has 1 aliphatic carbocycles. The molecule has 0 radical (unpaired) electrons. The van der Waals surface area contributed by atoms with Gasteiger partial charge in [-0.2, -0.15) is 0 Å². The smallest absolute Gasteiger partial charge is 0.326 e. The van der Waals surface area contributed by atoms with Gasteiger partial charge in [0.25, 0.3) is 5.91 Å². The first kappa shape index (κ1) is 15.0. The van der Waals surface area contributed by atoms with E-state index in [9.17, 15) is 14.7 Å². The van der Waals surface area contributed by atoms with E-state index in [2.05, 4.69) is 26.2 Å². The maximum atomic E-state index is 12.1. The summed E-state index contributed by atoms with van der Waals surface area (Å²) >= 11 is 3.24. The lowest BCUT2D eigenvalue weighted by molar-refractivity contribution is -0.141. The van der Waals surface area contributed by atoms with E-state index in [1.807, 2.05) is 0 Å². The highest BCUT2D eigenvalue weighted by molar-refractivity contribution is 9.10. The summed E-state index contributed by atoms with van der Waals surface area (Å²) in [6, 6.07) is 2.45. The number of carboxylic acid groups (broad SMARTS) is 1. The minimum Gasteiger partial charge on any atom is -0.480 e. The number of hydrogen-bond donors (Lipinski definition) is 2. The summed E-state index contributed by atoms with van der Waals surface area (Å²) in [5.74, 6) is -1.39. The Kier molecular flexibility index (Phi) is 5.11. The van der Waals surface area contributed by atoms with Gasteiger partial charge in [-0.15, -0.1) is 0 Å². The number of nitrogens with zero attached hydrogens (tertiary/aromatic N) is 1. The Hall–Kier alpha value is -1.43. The molecule has 0 spiro atoms. The van der Waals surface area contributed by atoms with Crippen LogP contribution >= 0.6 is 15.9 Å². The van der Waals surface area contributed by atoms with Crippen molar-refractivity contribution in [1.29, 1.82) is 0 Å². The van der Waals surface area contributed by atoms with Crippen LogP contribution < -0.4 is 5.32 Å². The van der Waals surface area contributed by atoms with Crippen molar-refractivity contribution in [3.8, 4) is 0 Å². The average molecular weight is 341 g/mol. The summed E-state index contributed by atoms with van der Waals surface area (Å²) in [5, 5.41) is 11.9. The average Bonchev–Trinajstić information content (AvgIpc) is 2.46. The molecule has 108 valence electrons. The van der Waals surface area contributed by atoms with Gasteiger partial charge in [0.15, 0.2) is 0 Å². The van der Waals surface area contributed by atoms with Crippen molar-refractivity contribution in [1.82, 2.24) is 10.3 Å². The van der Waals surface area contributed by atoms with E-state index < -0.39 is 17.9 Å². The zero-order valence-electron chi connectivity index (χ0n) is 11.0. The fourth-order valence-electron chi connectivity index (χ4n) is 2.57. The van der Waals surface area contributed by atoms with E-state index in [1.54, 1.807) is 12.1 Å². The standard InChI is InChI=1S/C14H17BrN2O3/c15-10-6-7-11(16-8-10)13(18)17-12(14(19)20)9-4-2-1-3-5-9/h6-9,12H,1-5H2,(H,17,18)(H,19,20). The van der Waals surface area contributed by atoms with Crippen LogP contribution in [-0.4, -0.2) is 28.0 Å². The number of nitrogens with one attached hydrogen (secondary N) is 1. The van der Waals surface area contributed by atoms with Gasteiger partial charge in [0.1, 0.15) is 11.7 Å². The summed E-state index contributed by atoms with van der Waals surface area (Å²) in [4.78, 5) is 27.4. The zero-order valence-corrected chi connectivity index (χ0v) is 12.6. The van der Waals surface area contributed by atoms with Crippen LogP contribution in [0.25, 0.3) is 0 Å². The monoisotopic (exact) mass is 340 g/mol. The van der Waals surface area contributed by atoms with Gasteiger partial charge >= 0.3 is 5.97 Å². The van der Waals surface area contributed by atoms with Crippen LogP contribution in [0.4, 0.5) is 0 Å². The van der Waals surface area contributed by atoms with Gasteiger partial charge in [-0.05, 0) is 46.8 Å². The Labute approximate surface area is 125 Å². The number of carboxylic acids is 1. The van der Waals surface area contributed by atoms with E-state index in [-0.39, 0.29) is 11.6 Å². The Morgan fingerprint density at radius 2 is 2.00 bits per heavy atom. The van der Waals surface area contributed by atoms with Crippen LogP contribution in [-0.2, 0) is 4.79 Å². The van der Waals surface area contributed by atoms with Crippen LogP contribution in [0.5, 0.6) is 0 Å². The SMILES string of the molecule is O=C(NC(C(=O)O)C1CCCCC1)c1ccc(Br)cn1. The van der Waals surface area contributed by atoms with Gasteiger partial charge < -0.3 is 10.4 Å². The molecular weight excluding hydrogens is 324 g/mol. The number of halogens is 1. The molecule has 20 heavy (non-hydrogen) atoms. The Morgan fingerprint density at radius 1 is 1.30 bits per heavy atom. The van der Waals surface area contributed by atoms with Crippen molar-refractivity contribution in [2.75, 3.05) is 0 Å². The number of aliphatic carboxylic acids is 1. The number of hydrogen-bond acceptors (Lipinski definition) is 3. The van der Waals surface area contributed by atoms with Gasteiger partial charge in [0.05, 0.1) is 0 Å². The highest BCUT2D eigenvalue weighted by Crippen LogP contribution is 2.26. The second-order valence-electron chi connectivity index (χ2n) is 5.05. The van der Waals surface area contributed by atoms with Crippen molar-refractivity contribution >= 4 is 27.8 Å². The predicted octanol–water partition coefficient (Wildman–Crippen LogP) is 2.61. The zero-order chi connectivity index (χ0) is 14.5. The first-order valence-electron chi connectivity index (χ1n) is 6.73. The molecule has 5 nitrogen and oxygen atoms in total. The lowest BCUT2D eigenvalue weighted by Crippen LogP contribution is -2.46. The van der Waals surface area contributed by atoms with Crippen LogP contribution in [0.15, 0.2) is 22.8 Å². The lowest BCUT2D eigenvalue weighted by atomic mass is 9.84. The number of carbonyl (C=O) groups excluding carboxylic acids is 1. The van der Waals surface area contributed by atoms with Crippen molar-refractivity contribution in [3.63, 3.8) is 0 Å². The molecule has 1 aromatic rings. The molecule has 1 atom stereocenters. The first-order chi connectivity index (χ1) is 9.58. The molecule has 1 aromatic heterocycles. The van der Waals surface area contributed by atoms with Gasteiger partial charge in [0.2, 0.25) is 0 Å². The molecule has 1 saturated carbocycles. The summed E-state index contributed by atoms with van der Waals surface area (Å²) in [7, 11) is 0. The summed E-state index contributed by atoms with van der Waals surface area (Å²) < 4.78 is 0.774. The number of carbonyl (C=O) groups is 2. The lowest BCUT2D eigenvalue weighted by Gasteiger charge is -2.27. The van der Waals surface area contributed by atoms with Gasteiger partial charge in [-0.1, -0.05) is 19.3 Å². The van der Waals surface area contributed by atoms with Crippen LogP contribution in [0.1, 0.15) is 42.6 Å². The number of rotatable bonds is 4. The maximum absolute atomic E-state index is 12.1. The molecule has 0 aliphatic heterocycles. The number of aromatic nitrogens is 1. The van der Waals surface area contributed by atoms with Gasteiger partial charge in [0, 0.05) is 10.7 Å². The minimum absolute atomic E-state index is 0.0145. The molecule has 2 rings (SSSR count). The highest BCUT2D eigenvalue weighted by atomic mass is 79.9. The first-order valence-corrected chi connectivity index (χ1v) is 7.52. The predicted molar refractivity (Wildman–Crippen MR) is 77.4 cm³/mol. The Balaban J connectivity index is 2.05. The van der Waals surface area contributed by atoms with E-state index in [0.717, 1.165) is 36.6 Å². The van der Waals surface area contributed by atoms with Crippen molar-refractivity contribution in [3.05, 3.63) is 28.5 Å². The molecule has 1 heterocycles. The molecule has 1 fully saturated rings. The molecule has 1 amide bonds. The number of amides is 1. The van der Waals surface area contributed by atoms with Gasteiger partial charge in [-0.3, -0.25) is 4.79 Å². The normalized spacial score (nSPS) is 17.4. The summed E-state index contributed by atoms with van der Waals surface area (Å²) in [6.07, 6.45) is 6.42. The fraction of sp³-hybridized carbons (Fsp3) is 0.500. The highest BCUT2D eigenvalue weighted by Gasteiger charge is 2.31. The topological polar surface area (TPSA) is 79.3 Å². The molecule has 0 bridgehead atoms. The van der Waals surface area contributed by atoms with Crippen molar-refractivity contribution in [2.45, 2.75) is 38.1 Å². The Bertz CT molecular complexity index is 484. The quantitative estimate of drug-likeness (QED) is 0.882. The van der Waals surface area contributed by atoms with E-state index in [0.29, 0.717) is 0 Å². The second kappa shape index (κ2) is 6.83. The second-order valence-corrected chi connectivity index (χ2v) is 5.96. The van der Waals surface area contributed by atoms with Crippen LogP contribution in [0.3, 0.4) is 0 Å². The maximum Gasteiger partial charge on any atom is 0.326 e. The fourth-order valence-corrected chi connectivity index (χ4v) is 2.81. The van der Waals surface area contributed by atoms with E-state index in [4.69, 9.17) is 0 Å². The summed E-state index contributed by atoms with van der Waals surface area (Å²) in [6.45, 7) is 0. The molecule has 0 aromatic carbocycles. The van der Waals surface area contributed by atoms with Crippen molar-refractivity contribution in [2.24, 2.45) is 5.92 Å². The molecule has 6 heteroatoms. The van der Waals surface area contributed by atoms with Crippen LogP contribution in [0, 0.1) is 5.92 Å². The third kappa shape index (κ3) is 3.79. The molecule has 0 saturated heterocycles. The van der Waals surface area contributed by atoms with Crippen LogP contribution in [0.2, 0.25) is 0 Å². The third-order valence-electron chi connectivity index (χ3n) is 3.63. The summed E-state index contributed by atoms with van der Waals surface area (Å²) in [5.41, 5.74) is 0.232. The molecule has 1 unspecified atom stereocenters. The minimum atomic E-state index is -0.970. The van der Waals surface area contributed by atoms with E-state index in [1.165, 1.54) is 6.20 Å². The molecule has 1 aliphatic rings. The molecular formula is C14H17BrN2O3. The van der Waals surface area contributed by atoms with Crippen molar-refractivity contribution < 1.29 is 14.7 Å².